The highest BCUT2D eigenvalue weighted by Gasteiger charge is 2.51. The summed E-state index contributed by atoms with van der Waals surface area (Å²) in [6, 6.07) is 21.2. The Hall–Kier alpha value is -3.40. The fraction of sp³-hybridized carbons (Fsp3) is 0.167. The van der Waals surface area contributed by atoms with E-state index in [9.17, 15) is 9.59 Å². The summed E-state index contributed by atoms with van der Waals surface area (Å²) in [5.74, 6) is -0.788. The van der Waals surface area contributed by atoms with Gasteiger partial charge in [-0.25, -0.2) is 4.79 Å². The van der Waals surface area contributed by atoms with Gasteiger partial charge in [-0.05, 0) is 36.6 Å². The highest BCUT2D eigenvalue weighted by atomic mass is 16.5. The molecule has 0 spiro atoms. The van der Waals surface area contributed by atoms with E-state index in [0.717, 1.165) is 11.1 Å². The van der Waals surface area contributed by atoms with Crippen molar-refractivity contribution in [2.75, 3.05) is 7.11 Å². The molecule has 3 aromatic rings. The van der Waals surface area contributed by atoms with E-state index >= 15 is 0 Å². The molecule has 0 saturated heterocycles. The van der Waals surface area contributed by atoms with Crippen LogP contribution in [0, 0.1) is 13.8 Å². The molecule has 4 nitrogen and oxygen atoms in total. The Balaban J connectivity index is 1.84. The summed E-state index contributed by atoms with van der Waals surface area (Å²) in [5.41, 5.74) is 5.01. The Morgan fingerprint density at radius 2 is 1.54 bits per heavy atom. The van der Waals surface area contributed by atoms with Gasteiger partial charge in [-0.15, -0.1) is 0 Å². The van der Waals surface area contributed by atoms with Gasteiger partial charge in [0.2, 0.25) is 0 Å². The predicted octanol–water partition coefficient (Wildman–Crippen LogP) is 4.13. The van der Waals surface area contributed by atoms with Crippen molar-refractivity contribution in [3.8, 4) is 11.1 Å². The largest absolute Gasteiger partial charge is 0.467 e. The highest BCUT2D eigenvalue weighted by Crippen LogP contribution is 2.39. The third-order valence-electron chi connectivity index (χ3n) is 5.24. The lowest BCUT2D eigenvalue weighted by molar-refractivity contribution is -0.146. The molecule has 0 fully saturated rings. The average Bonchev–Trinajstić information content (AvgIpc) is 3.01. The van der Waals surface area contributed by atoms with E-state index in [1.54, 1.807) is 18.2 Å². The molecule has 3 aromatic carbocycles. The van der Waals surface area contributed by atoms with Gasteiger partial charge in [-0.3, -0.25) is 4.79 Å². The fourth-order valence-electron chi connectivity index (χ4n) is 4.03. The van der Waals surface area contributed by atoms with Crippen molar-refractivity contribution in [3.05, 3.63) is 94.5 Å². The number of aryl methyl sites for hydroxylation is 2. The van der Waals surface area contributed by atoms with Gasteiger partial charge in [0.05, 0.1) is 7.11 Å². The van der Waals surface area contributed by atoms with Crippen LogP contribution in [0.4, 0.5) is 0 Å². The van der Waals surface area contributed by atoms with Gasteiger partial charge in [-0.2, -0.15) is 0 Å². The number of hydrogen-bond acceptors (Lipinski definition) is 3. The van der Waals surface area contributed by atoms with Crippen LogP contribution in [0.5, 0.6) is 0 Å². The summed E-state index contributed by atoms with van der Waals surface area (Å²) in [4.78, 5) is 25.4. The Bertz CT molecular complexity index is 1070. The minimum Gasteiger partial charge on any atom is -0.467 e. The number of amides is 1. The Morgan fingerprint density at radius 3 is 2.18 bits per heavy atom. The molecule has 0 aromatic heterocycles. The smallest absolute Gasteiger partial charge is 0.341 e. The van der Waals surface area contributed by atoms with Crippen LogP contribution >= 0.6 is 0 Å². The number of benzene rings is 3. The molecule has 1 amide bonds. The van der Waals surface area contributed by atoms with E-state index in [4.69, 9.17) is 4.74 Å². The minimum atomic E-state index is -1.33. The van der Waals surface area contributed by atoms with Crippen molar-refractivity contribution >= 4 is 11.9 Å². The van der Waals surface area contributed by atoms with Crippen molar-refractivity contribution in [1.29, 1.82) is 0 Å². The average molecular weight is 371 g/mol. The standard InChI is InChI=1S/C24H21NO3/c1-15-12-16(2)14-18(13-15)17-8-10-19(11-9-17)24(23(27)28-3)21-7-5-4-6-20(21)22(26)25-24/h4-14H,1-3H3,(H,25,26). The third kappa shape index (κ3) is 2.69. The number of carbonyl (C=O) groups excluding carboxylic acids is 2. The van der Waals surface area contributed by atoms with Gasteiger partial charge in [0, 0.05) is 11.1 Å². The second-order valence-electron chi connectivity index (χ2n) is 7.20. The molecule has 4 heteroatoms. The Kier molecular flexibility index (Phi) is 4.27. The maximum Gasteiger partial charge on any atom is 0.341 e. The number of fused-ring (bicyclic) bond motifs is 1. The van der Waals surface area contributed by atoms with Crippen LogP contribution in [-0.4, -0.2) is 19.0 Å². The summed E-state index contributed by atoms with van der Waals surface area (Å²) in [6.07, 6.45) is 0. The number of rotatable bonds is 3. The van der Waals surface area contributed by atoms with E-state index in [-0.39, 0.29) is 5.91 Å². The molecule has 140 valence electrons. The van der Waals surface area contributed by atoms with Crippen LogP contribution in [0.15, 0.2) is 66.7 Å². The van der Waals surface area contributed by atoms with E-state index in [1.807, 2.05) is 30.3 Å². The van der Waals surface area contributed by atoms with Crippen LogP contribution < -0.4 is 5.32 Å². The first kappa shape index (κ1) is 18.0. The molecule has 0 bridgehead atoms. The molecule has 0 radical (unpaired) electrons. The zero-order valence-corrected chi connectivity index (χ0v) is 16.1. The van der Waals surface area contributed by atoms with Crippen molar-refractivity contribution in [1.82, 2.24) is 5.32 Å². The van der Waals surface area contributed by atoms with Gasteiger partial charge in [0.1, 0.15) is 0 Å². The molecule has 0 aliphatic carbocycles. The second kappa shape index (κ2) is 6.64. The molecule has 1 atom stereocenters. The lowest BCUT2D eigenvalue weighted by Gasteiger charge is -2.28. The number of esters is 1. The SMILES string of the molecule is COC(=O)C1(c2ccc(-c3cc(C)cc(C)c3)cc2)NC(=O)c2ccccc21. The summed E-state index contributed by atoms with van der Waals surface area (Å²) < 4.78 is 5.09. The zero-order valence-electron chi connectivity index (χ0n) is 16.1. The van der Waals surface area contributed by atoms with E-state index in [2.05, 4.69) is 37.4 Å². The molecule has 1 aliphatic rings. The summed E-state index contributed by atoms with van der Waals surface area (Å²) in [7, 11) is 1.33. The van der Waals surface area contributed by atoms with Crippen LogP contribution in [0.1, 0.15) is 32.6 Å². The van der Waals surface area contributed by atoms with Gasteiger partial charge >= 0.3 is 5.97 Å². The lowest BCUT2D eigenvalue weighted by atomic mass is 9.83. The maximum atomic E-state index is 12.9. The highest BCUT2D eigenvalue weighted by molar-refractivity contribution is 6.07. The summed E-state index contributed by atoms with van der Waals surface area (Å²) in [6.45, 7) is 4.14. The molecule has 4 rings (SSSR count). The minimum absolute atomic E-state index is 0.278. The predicted molar refractivity (Wildman–Crippen MR) is 108 cm³/mol. The van der Waals surface area contributed by atoms with Crippen molar-refractivity contribution < 1.29 is 14.3 Å². The van der Waals surface area contributed by atoms with Crippen LogP contribution in [0.2, 0.25) is 0 Å². The first-order chi connectivity index (χ1) is 13.5. The lowest BCUT2D eigenvalue weighted by Crippen LogP contribution is -2.48. The fourth-order valence-corrected chi connectivity index (χ4v) is 4.03. The normalized spacial score (nSPS) is 17.8. The first-order valence-corrected chi connectivity index (χ1v) is 9.15. The van der Waals surface area contributed by atoms with Gasteiger partial charge in [0.25, 0.3) is 5.91 Å². The summed E-state index contributed by atoms with van der Waals surface area (Å²) in [5, 5.41) is 2.86. The third-order valence-corrected chi connectivity index (χ3v) is 5.24. The quantitative estimate of drug-likeness (QED) is 0.705. The number of carbonyl (C=O) groups is 2. The number of ether oxygens (including phenoxy) is 1. The molecule has 0 saturated carbocycles. The van der Waals surface area contributed by atoms with E-state index in [1.165, 1.54) is 18.2 Å². The molecular formula is C24H21NO3. The summed E-state index contributed by atoms with van der Waals surface area (Å²) >= 11 is 0. The van der Waals surface area contributed by atoms with Crippen molar-refractivity contribution in [3.63, 3.8) is 0 Å². The van der Waals surface area contributed by atoms with E-state index < -0.39 is 11.5 Å². The molecule has 1 N–H and O–H groups in total. The van der Waals surface area contributed by atoms with Crippen LogP contribution in [0.25, 0.3) is 11.1 Å². The van der Waals surface area contributed by atoms with Crippen molar-refractivity contribution in [2.45, 2.75) is 19.4 Å². The molecule has 1 unspecified atom stereocenters. The molecular weight excluding hydrogens is 350 g/mol. The monoisotopic (exact) mass is 371 g/mol. The number of nitrogens with one attached hydrogen (secondary N) is 1. The van der Waals surface area contributed by atoms with Gasteiger partial charge in [0.15, 0.2) is 5.54 Å². The Morgan fingerprint density at radius 1 is 0.893 bits per heavy atom. The van der Waals surface area contributed by atoms with Crippen LogP contribution in [-0.2, 0) is 15.1 Å². The Labute approximate surface area is 164 Å². The van der Waals surface area contributed by atoms with Crippen LogP contribution in [0.3, 0.4) is 0 Å². The molecule has 28 heavy (non-hydrogen) atoms. The van der Waals surface area contributed by atoms with Crippen molar-refractivity contribution in [2.24, 2.45) is 0 Å². The number of methoxy groups -OCH3 is 1. The first-order valence-electron chi connectivity index (χ1n) is 9.15. The van der Waals surface area contributed by atoms with E-state index in [0.29, 0.717) is 16.7 Å². The zero-order chi connectivity index (χ0) is 19.9. The maximum absolute atomic E-state index is 12.9. The molecule has 1 heterocycles. The topological polar surface area (TPSA) is 55.4 Å². The van der Waals surface area contributed by atoms with Gasteiger partial charge in [-0.1, -0.05) is 71.8 Å². The number of hydrogen-bond donors (Lipinski definition) is 1. The second-order valence-corrected chi connectivity index (χ2v) is 7.20. The molecule has 1 aliphatic heterocycles. The van der Waals surface area contributed by atoms with Gasteiger partial charge < -0.3 is 10.1 Å².